The number of nitrogens with two attached hydrogens (primary N) is 1. The Morgan fingerprint density at radius 3 is 2.71 bits per heavy atom. The Bertz CT molecular complexity index is 401. The lowest BCUT2D eigenvalue weighted by molar-refractivity contribution is -0.122. The summed E-state index contributed by atoms with van der Waals surface area (Å²) >= 11 is 0. The predicted molar refractivity (Wildman–Crippen MR) is 51.4 cm³/mol. The van der Waals surface area contributed by atoms with E-state index in [1.165, 1.54) is 0 Å². The van der Waals surface area contributed by atoms with Crippen LogP contribution in [0.4, 0.5) is 5.69 Å². The van der Waals surface area contributed by atoms with E-state index in [1.54, 1.807) is 24.3 Å². The standard InChI is InChI=1S/C10H10N2O2/c11-7-3-1-2-6(4-7)10-8(13)5-9(14)12-10/h1-4,10H,5,11H2,(H,12,14). The van der Waals surface area contributed by atoms with Crippen molar-refractivity contribution in [2.75, 3.05) is 5.73 Å². The van der Waals surface area contributed by atoms with Crippen molar-refractivity contribution in [2.45, 2.75) is 12.5 Å². The van der Waals surface area contributed by atoms with Crippen LogP contribution in [0.15, 0.2) is 24.3 Å². The van der Waals surface area contributed by atoms with Gasteiger partial charge in [0.15, 0.2) is 5.78 Å². The van der Waals surface area contributed by atoms with Crippen molar-refractivity contribution in [1.29, 1.82) is 0 Å². The monoisotopic (exact) mass is 190 g/mol. The van der Waals surface area contributed by atoms with E-state index in [1.807, 2.05) is 0 Å². The fourth-order valence-corrected chi connectivity index (χ4v) is 1.56. The van der Waals surface area contributed by atoms with Crippen LogP contribution in [0.1, 0.15) is 18.0 Å². The summed E-state index contributed by atoms with van der Waals surface area (Å²) in [5.41, 5.74) is 6.93. The molecule has 1 aliphatic rings. The molecule has 0 aliphatic carbocycles. The van der Waals surface area contributed by atoms with E-state index >= 15 is 0 Å². The summed E-state index contributed by atoms with van der Waals surface area (Å²) in [7, 11) is 0. The molecule has 4 nitrogen and oxygen atoms in total. The maximum Gasteiger partial charge on any atom is 0.228 e. The first-order chi connectivity index (χ1) is 6.66. The molecule has 2 rings (SSSR count). The molecule has 72 valence electrons. The minimum absolute atomic E-state index is 0.0283. The second-order valence-corrected chi connectivity index (χ2v) is 3.31. The smallest absolute Gasteiger partial charge is 0.228 e. The topological polar surface area (TPSA) is 72.2 Å². The number of hydrogen-bond donors (Lipinski definition) is 2. The first-order valence-corrected chi connectivity index (χ1v) is 4.34. The summed E-state index contributed by atoms with van der Waals surface area (Å²) in [5, 5.41) is 2.60. The first kappa shape index (κ1) is 8.74. The van der Waals surface area contributed by atoms with E-state index in [-0.39, 0.29) is 18.1 Å². The Morgan fingerprint density at radius 2 is 2.14 bits per heavy atom. The van der Waals surface area contributed by atoms with Crippen LogP contribution in [-0.2, 0) is 9.59 Å². The van der Waals surface area contributed by atoms with Gasteiger partial charge in [0.25, 0.3) is 0 Å². The number of amides is 1. The largest absolute Gasteiger partial charge is 0.399 e. The average Bonchev–Trinajstić information content (AvgIpc) is 2.45. The van der Waals surface area contributed by atoms with Crippen molar-refractivity contribution in [3.63, 3.8) is 0 Å². The van der Waals surface area contributed by atoms with Crippen molar-refractivity contribution >= 4 is 17.4 Å². The first-order valence-electron chi connectivity index (χ1n) is 4.34. The van der Waals surface area contributed by atoms with Crippen molar-refractivity contribution in [3.05, 3.63) is 29.8 Å². The second kappa shape index (κ2) is 3.14. The van der Waals surface area contributed by atoms with Gasteiger partial charge in [0.2, 0.25) is 5.91 Å². The van der Waals surface area contributed by atoms with Gasteiger partial charge in [-0.25, -0.2) is 0 Å². The van der Waals surface area contributed by atoms with Gasteiger partial charge in [0.05, 0.1) is 6.42 Å². The highest BCUT2D eigenvalue weighted by Gasteiger charge is 2.30. The van der Waals surface area contributed by atoms with Gasteiger partial charge in [-0.05, 0) is 17.7 Å². The highest BCUT2D eigenvalue weighted by molar-refractivity contribution is 6.07. The molecule has 1 aliphatic heterocycles. The minimum Gasteiger partial charge on any atom is -0.399 e. The fourth-order valence-electron chi connectivity index (χ4n) is 1.56. The molecule has 1 aromatic carbocycles. The van der Waals surface area contributed by atoms with Crippen LogP contribution in [0.3, 0.4) is 0 Å². The van der Waals surface area contributed by atoms with Crippen LogP contribution in [0.2, 0.25) is 0 Å². The fraction of sp³-hybridized carbons (Fsp3) is 0.200. The molecule has 0 aromatic heterocycles. The summed E-state index contributed by atoms with van der Waals surface area (Å²) < 4.78 is 0. The molecule has 4 heteroatoms. The maximum absolute atomic E-state index is 11.4. The number of anilines is 1. The SMILES string of the molecule is Nc1cccc(C2NC(=O)CC2=O)c1. The third-order valence-electron chi connectivity index (χ3n) is 2.21. The Kier molecular flexibility index (Phi) is 1.96. The lowest BCUT2D eigenvalue weighted by atomic mass is 10.0. The predicted octanol–water partition coefficient (Wildman–Crippen LogP) is 0.399. The van der Waals surface area contributed by atoms with E-state index in [0.717, 1.165) is 5.56 Å². The lowest BCUT2D eigenvalue weighted by Crippen LogP contribution is -2.20. The van der Waals surface area contributed by atoms with Crippen LogP contribution in [0.25, 0.3) is 0 Å². The number of benzene rings is 1. The molecule has 3 N–H and O–H groups in total. The van der Waals surface area contributed by atoms with Crippen LogP contribution in [-0.4, -0.2) is 11.7 Å². The molecule has 1 amide bonds. The number of rotatable bonds is 1. The molecule has 1 fully saturated rings. The van der Waals surface area contributed by atoms with Crippen LogP contribution < -0.4 is 11.1 Å². The Labute approximate surface area is 81.1 Å². The Hall–Kier alpha value is -1.84. The molecule has 1 heterocycles. The van der Waals surface area contributed by atoms with Gasteiger partial charge < -0.3 is 11.1 Å². The van der Waals surface area contributed by atoms with Crippen molar-refractivity contribution in [2.24, 2.45) is 0 Å². The summed E-state index contributed by atoms with van der Waals surface area (Å²) in [5.74, 6) is -0.317. The van der Waals surface area contributed by atoms with Gasteiger partial charge in [-0.2, -0.15) is 0 Å². The van der Waals surface area contributed by atoms with Gasteiger partial charge in [0.1, 0.15) is 6.04 Å². The zero-order valence-corrected chi connectivity index (χ0v) is 7.49. The maximum atomic E-state index is 11.4. The number of carbonyl (C=O) groups is 2. The molecule has 1 aromatic rings. The van der Waals surface area contributed by atoms with Gasteiger partial charge in [-0.3, -0.25) is 9.59 Å². The quantitative estimate of drug-likeness (QED) is 0.497. The van der Waals surface area contributed by atoms with Crippen LogP contribution in [0.5, 0.6) is 0 Å². The highest BCUT2D eigenvalue weighted by Crippen LogP contribution is 2.21. The van der Waals surface area contributed by atoms with Crippen molar-refractivity contribution in [1.82, 2.24) is 5.32 Å². The molecule has 0 spiro atoms. The van der Waals surface area contributed by atoms with E-state index in [9.17, 15) is 9.59 Å². The summed E-state index contributed by atoms with van der Waals surface area (Å²) in [6, 6.07) is 6.48. The normalized spacial score (nSPS) is 21.0. The van der Waals surface area contributed by atoms with E-state index in [2.05, 4.69) is 5.32 Å². The summed E-state index contributed by atoms with van der Waals surface area (Å²) in [6.45, 7) is 0. The van der Waals surface area contributed by atoms with E-state index in [4.69, 9.17) is 5.73 Å². The van der Waals surface area contributed by atoms with Gasteiger partial charge in [0, 0.05) is 5.69 Å². The molecule has 1 saturated heterocycles. The second-order valence-electron chi connectivity index (χ2n) is 3.31. The number of carbonyl (C=O) groups excluding carboxylic acids is 2. The van der Waals surface area contributed by atoms with E-state index in [0.29, 0.717) is 5.69 Å². The molecular formula is C10H10N2O2. The number of nitrogen functional groups attached to an aromatic ring is 1. The molecule has 0 saturated carbocycles. The minimum atomic E-state index is -0.508. The summed E-state index contributed by atoms with van der Waals surface area (Å²) in [6.07, 6.45) is -0.0283. The van der Waals surface area contributed by atoms with Gasteiger partial charge >= 0.3 is 0 Å². The number of hydrogen-bond acceptors (Lipinski definition) is 3. The average molecular weight is 190 g/mol. The van der Waals surface area contributed by atoms with Crippen LogP contribution in [0, 0.1) is 0 Å². The zero-order chi connectivity index (χ0) is 10.1. The highest BCUT2D eigenvalue weighted by atomic mass is 16.2. The molecular weight excluding hydrogens is 180 g/mol. The zero-order valence-electron chi connectivity index (χ0n) is 7.49. The van der Waals surface area contributed by atoms with Crippen molar-refractivity contribution < 1.29 is 9.59 Å². The third kappa shape index (κ3) is 1.46. The molecule has 1 atom stereocenters. The number of nitrogens with one attached hydrogen (secondary N) is 1. The third-order valence-corrected chi connectivity index (χ3v) is 2.21. The van der Waals surface area contributed by atoms with Crippen molar-refractivity contribution in [3.8, 4) is 0 Å². The number of Topliss-reactive ketones (excluding diaryl/α,β-unsaturated/α-hetero) is 1. The molecule has 0 bridgehead atoms. The Balaban J connectivity index is 2.31. The summed E-state index contributed by atoms with van der Waals surface area (Å²) in [4.78, 5) is 22.3. The van der Waals surface area contributed by atoms with Gasteiger partial charge in [-0.15, -0.1) is 0 Å². The number of ketones is 1. The van der Waals surface area contributed by atoms with Crippen LogP contribution >= 0.6 is 0 Å². The van der Waals surface area contributed by atoms with E-state index < -0.39 is 6.04 Å². The molecule has 1 unspecified atom stereocenters. The van der Waals surface area contributed by atoms with Gasteiger partial charge in [-0.1, -0.05) is 12.1 Å². The molecule has 14 heavy (non-hydrogen) atoms. The lowest BCUT2D eigenvalue weighted by Gasteiger charge is -2.08. The molecule has 0 radical (unpaired) electrons. The Morgan fingerprint density at radius 1 is 1.36 bits per heavy atom.